The lowest BCUT2D eigenvalue weighted by molar-refractivity contribution is -0.137. The molecule has 2 aromatic carbocycles. The zero-order valence-electron chi connectivity index (χ0n) is 16.4. The molecule has 2 heterocycles. The number of aromatic nitrogens is 1. The van der Waals surface area contributed by atoms with Gasteiger partial charge in [0.25, 0.3) is 5.91 Å². The van der Waals surface area contributed by atoms with E-state index < -0.39 is 0 Å². The van der Waals surface area contributed by atoms with E-state index in [0.29, 0.717) is 30.0 Å². The molecular weight excluding hydrogens is 368 g/mol. The summed E-state index contributed by atoms with van der Waals surface area (Å²) in [5, 5.41) is 1.03. The van der Waals surface area contributed by atoms with Gasteiger partial charge in [0.2, 0.25) is 5.91 Å². The molecule has 4 rings (SSSR count). The van der Waals surface area contributed by atoms with Crippen molar-refractivity contribution in [3.8, 4) is 11.5 Å². The molecular formula is C23H22N2O4. The van der Waals surface area contributed by atoms with Crippen LogP contribution in [-0.4, -0.2) is 42.5 Å². The number of likely N-dealkylation sites (tertiary alicyclic amines) is 1. The highest BCUT2D eigenvalue weighted by molar-refractivity contribution is 6.16. The zero-order chi connectivity index (χ0) is 20.4. The van der Waals surface area contributed by atoms with Crippen LogP contribution in [0.2, 0.25) is 0 Å². The van der Waals surface area contributed by atoms with E-state index in [1.807, 2.05) is 54.7 Å². The Morgan fingerprint density at radius 2 is 1.86 bits per heavy atom. The summed E-state index contributed by atoms with van der Waals surface area (Å²) in [4.78, 5) is 29.8. The first-order chi connectivity index (χ1) is 14.1. The molecule has 29 heavy (non-hydrogen) atoms. The highest BCUT2D eigenvalue weighted by Gasteiger charge is 2.33. The molecule has 1 fully saturated rings. The Labute approximate surface area is 168 Å². The summed E-state index contributed by atoms with van der Waals surface area (Å²) >= 11 is 0. The smallest absolute Gasteiger partial charge is 0.256 e. The lowest BCUT2D eigenvalue weighted by Crippen LogP contribution is -2.31. The van der Waals surface area contributed by atoms with E-state index in [4.69, 9.17) is 9.47 Å². The first kappa shape index (κ1) is 18.8. The van der Waals surface area contributed by atoms with Crippen LogP contribution in [0, 0.1) is 0 Å². The summed E-state index contributed by atoms with van der Waals surface area (Å²) in [6.45, 7) is 0.332. The maximum Gasteiger partial charge on any atom is 0.256 e. The molecule has 1 aliphatic heterocycles. The average molecular weight is 390 g/mol. The minimum Gasteiger partial charge on any atom is -0.493 e. The monoisotopic (exact) mass is 390 g/mol. The second-order valence-electron chi connectivity index (χ2n) is 6.93. The Morgan fingerprint density at radius 3 is 2.66 bits per heavy atom. The van der Waals surface area contributed by atoms with Crippen molar-refractivity contribution in [2.24, 2.45) is 0 Å². The lowest BCUT2D eigenvalue weighted by Gasteiger charge is -2.14. The number of nitrogens with zero attached hydrogens (tertiary/aromatic N) is 1. The van der Waals surface area contributed by atoms with Crippen LogP contribution in [0.5, 0.6) is 11.5 Å². The van der Waals surface area contributed by atoms with E-state index in [1.165, 1.54) is 4.90 Å². The fraction of sp³-hybridized carbons (Fsp3) is 0.217. The molecule has 0 aliphatic carbocycles. The van der Waals surface area contributed by atoms with Gasteiger partial charge in [0.15, 0.2) is 11.5 Å². The van der Waals surface area contributed by atoms with Crippen LogP contribution in [0.3, 0.4) is 0 Å². The predicted octanol–water partition coefficient (Wildman–Crippen LogP) is 3.57. The summed E-state index contributed by atoms with van der Waals surface area (Å²) < 4.78 is 10.6. The number of H-pyrrole nitrogens is 1. The van der Waals surface area contributed by atoms with Crippen molar-refractivity contribution in [3.63, 3.8) is 0 Å². The number of aromatic amines is 1. The molecule has 1 N–H and O–H groups in total. The van der Waals surface area contributed by atoms with Crippen LogP contribution in [0.4, 0.5) is 0 Å². The number of nitrogens with one attached hydrogen (secondary N) is 1. The molecule has 2 amide bonds. The molecule has 0 atom stereocenters. The molecule has 3 aromatic rings. The largest absolute Gasteiger partial charge is 0.493 e. The van der Waals surface area contributed by atoms with Gasteiger partial charge in [0.05, 0.1) is 20.6 Å². The topological polar surface area (TPSA) is 71.6 Å². The third-order valence-corrected chi connectivity index (χ3v) is 5.19. The van der Waals surface area contributed by atoms with Gasteiger partial charge in [-0.05, 0) is 36.3 Å². The van der Waals surface area contributed by atoms with E-state index >= 15 is 0 Å². The molecule has 6 nitrogen and oxygen atoms in total. The number of carbonyl (C=O) groups excluding carboxylic acids is 2. The van der Waals surface area contributed by atoms with Crippen LogP contribution in [0.25, 0.3) is 17.0 Å². The van der Waals surface area contributed by atoms with Crippen LogP contribution in [0.1, 0.15) is 17.5 Å². The Kier molecular flexibility index (Phi) is 5.08. The van der Waals surface area contributed by atoms with Gasteiger partial charge in [-0.1, -0.05) is 24.3 Å². The number of para-hydroxylation sites is 1. The van der Waals surface area contributed by atoms with Gasteiger partial charge in [-0.15, -0.1) is 0 Å². The van der Waals surface area contributed by atoms with E-state index in [9.17, 15) is 9.59 Å². The van der Waals surface area contributed by atoms with Crippen molar-refractivity contribution in [1.82, 2.24) is 9.88 Å². The fourth-order valence-electron chi connectivity index (χ4n) is 3.64. The second-order valence-corrected chi connectivity index (χ2v) is 6.93. The molecule has 148 valence electrons. The lowest BCUT2D eigenvalue weighted by atomic mass is 10.1. The van der Waals surface area contributed by atoms with Gasteiger partial charge in [0, 0.05) is 34.8 Å². The highest BCUT2D eigenvalue weighted by Crippen LogP contribution is 2.29. The average Bonchev–Trinajstić information content (AvgIpc) is 3.27. The summed E-state index contributed by atoms with van der Waals surface area (Å²) in [6, 6.07) is 13.5. The summed E-state index contributed by atoms with van der Waals surface area (Å²) in [5.41, 5.74) is 3.41. The number of ether oxygens (including phenoxy) is 2. The van der Waals surface area contributed by atoms with Crippen molar-refractivity contribution in [1.29, 1.82) is 0 Å². The number of benzene rings is 2. The molecule has 0 radical (unpaired) electrons. The molecule has 6 heteroatoms. The number of hydrogen-bond donors (Lipinski definition) is 1. The quantitative estimate of drug-likeness (QED) is 0.516. The molecule has 0 saturated carbocycles. The molecule has 0 bridgehead atoms. The van der Waals surface area contributed by atoms with Gasteiger partial charge in [-0.25, -0.2) is 0 Å². The van der Waals surface area contributed by atoms with Crippen molar-refractivity contribution in [2.75, 3.05) is 20.8 Å². The van der Waals surface area contributed by atoms with Crippen molar-refractivity contribution < 1.29 is 19.1 Å². The normalized spacial score (nSPS) is 15.5. The Morgan fingerprint density at radius 1 is 1.07 bits per heavy atom. The first-order valence-electron chi connectivity index (χ1n) is 9.43. The van der Waals surface area contributed by atoms with Crippen LogP contribution < -0.4 is 9.47 Å². The predicted molar refractivity (Wildman–Crippen MR) is 111 cm³/mol. The Hall–Kier alpha value is -3.54. The molecule has 1 saturated heterocycles. The number of fused-ring (bicyclic) bond motifs is 1. The standard InChI is InChI=1S/C23H22N2O4/c1-28-20-8-7-15(11-21(20)29-2)9-10-25-22(26)13-16(23(25)27)12-17-14-24-19-6-4-3-5-18(17)19/h3-8,11-12,14,24H,9-10,13H2,1-2H3/b16-12-. The summed E-state index contributed by atoms with van der Waals surface area (Å²) in [7, 11) is 3.16. The number of methoxy groups -OCH3 is 2. The SMILES string of the molecule is COc1ccc(CCN2C(=O)C/C(=C/c3c[nH]c4ccccc34)C2=O)cc1OC. The van der Waals surface area contributed by atoms with Gasteiger partial charge in [0.1, 0.15) is 0 Å². The van der Waals surface area contributed by atoms with Crippen LogP contribution in [0.15, 0.2) is 54.2 Å². The molecule has 1 aromatic heterocycles. The van der Waals surface area contributed by atoms with Crippen molar-refractivity contribution >= 4 is 28.8 Å². The van der Waals surface area contributed by atoms with Crippen LogP contribution in [-0.2, 0) is 16.0 Å². The third-order valence-electron chi connectivity index (χ3n) is 5.19. The minimum absolute atomic E-state index is 0.129. The number of rotatable bonds is 6. The second kappa shape index (κ2) is 7.83. The number of carbonyl (C=O) groups is 2. The highest BCUT2D eigenvalue weighted by atomic mass is 16.5. The fourth-order valence-corrected chi connectivity index (χ4v) is 3.64. The van der Waals surface area contributed by atoms with E-state index in [0.717, 1.165) is 22.0 Å². The maximum absolute atomic E-state index is 12.8. The number of imide groups is 1. The number of amides is 2. The van der Waals surface area contributed by atoms with Gasteiger partial charge in [-0.3, -0.25) is 14.5 Å². The third kappa shape index (κ3) is 3.61. The first-order valence-corrected chi connectivity index (χ1v) is 9.43. The van der Waals surface area contributed by atoms with Crippen molar-refractivity contribution in [2.45, 2.75) is 12.8 Å². The van der Waals surface area contributed by atoms with Gasteiger partial charge in [-0.2, -0.15) is 0 Å². The molecule has 1 aliphatic rings. The summed E-state index contributed by atoms with van der Waals surface area (Å²) in [6.07, 6.45) is 4.36. The Balaban J connectivity index is 1.50. The zero-order valence-corrected chi connectivity index (χ0v) is 16.4. The number of hydrogen-bond acceptors (Lipinski definition) is 4. The van der Waals surface area contributed by atoms with Gasteiger partial charge >= 0.3 is 0 Å². The molecule has 0 unspecified atom stereocenters. The Bertz CT molecular complexity index is 1110. The van der Waals surface area contributed by atoms with Crippen molar-refractivity contribution in [3.05, 3.63) is 65.4 Å². The maximum atomic E-state index is 12.8. The summed E-state index contributed by atoms with van der Waals surface area (Å²) in [5.74, 6) is 0.889. The van der Waals surface area contributed by atoms with Gasteiger partial charge < -0.3 is 14.5 Å². The van der Waals surface area contributed by atoms with Crippen LogP contribution >= 0.6 is 0 Å². The van der Waals surface area contributed by atoms with E-state index in [2.05, 4.69) is 4.98 Å². The van der Waals surface area contributed by atoms with E-state index in [1.54, 1.807) is 14.2 Å². The minimum atomic E-state index is -0.222. The van der Waals surface area contributed by atoms with E-state index in [-0.39, 0.29) is 18.2 Å². The molecule has 0 spiro atoms.